The molecule has 4 rings (SSSR count). The number of carbonyl (C=O) groups is 1. The number of aliphatic hydroxyl groups excluding tert-OH is 1. The van der Waals surface area contributed by atoms with Gasteiger partial charge >= 0.3 is 5.97 Å². The van der Waals surface area contributed by atoms with Gasteiger partial charge in [-0.3, -0.25) is 4.79 Å². The number of carbonyl (C=O) groups excluding carboxylic acids is 1. The van der Waals surface area contributed by atoms with Gasteiger partial charge in [-0.2, -0.15) is 0 Å². The fourth-order valence-corrected chi connectivity index (χ4v) is 4.89. The van der Waals surface area contributed by atoms with Gasteiger partial charge in [0.1, 0.15) is 17.8 Å². The van der Waals surface area contributed by atoms with Gasteiger partial charge in [-0.05, 0) is 31.1 Å². The molecule has 0 aromatic heterocycles. The Morgan fingerprint density at radius 2 is 2.20 bits per heavy atom. The molecule has 0 spiro atoms. The monoisotopic (exact) mass is 280 g/mol. The number of fused-ring (bicyclic) bond motifs is 6. The van der Waals surface area contributed by atoms with E-state index in [9.17, 15) is 15.0 Å². The van der Waals surface area contributed by atoms with Crippen LogP contribution in [0.15, 0.2) is 12.2 Å². The summed E-state index contributed by atoms with van der Waals surface area (Å²) in [4.78, 5) is 11.8. The zero-order chi connectivity index (χ0) is 14.1. The third kappa shape index (κ3) is 1.51. The lowest BCUT2D eigenvalue weighted by molar-refractivity contribution is -0.159. The van der Waals surface area contributed by atoms with E-state index >= 15 is 0 Å². The Kier molecular flexibility index (Phi) is 2.60. The van der Waals surface area contributed by atoms with Crippen LogP contribution in [0.3, 0.4) is 0 Å². The zero-order valence-electron chi connectivity index (χ0n) is 11.4. The van der Waals surface area contributed by atoms with E-state index in [-0.39, 0.29) is 36.2 Å². The van der Waals surface area contributed by atoms with Gasteiger partial charge in [0, 0.05) is 5.92 Å². The van der Waals surface area contributed by atoms with Gasteiger partial charge in [-0.15, -0.1) is 0 Å². The van der Waals surface area contributed by atoms with Crippen molar-refractivity contribution in [2.24, 2.45) is 23.7 Å². The molecule has 110 valence electrons. The predicted molar refractivity (Wildman–Crippen MR) is 68.6 cm³/mol. The molecular formula is C15H20O5. The van der Waals surface area contributed by atoms with Crippen molar-refractivity contribution >= 4 is 5.97 Å². The number of ether oxygens (including phenoxy) is 2. The van der Waals surface area contributed by atoms with Crippen molar-refractivity contribution < 1.29 is 24.5 Å². The highest BCUT2D eigenvalue weighted by atomic mass is 16.6. The van der Waals surface area contributed by atoms with Gasteiger partial charge in [0.05, 0.1) is 19.1 Å². The number of hydrogen-bond acceptors (Lipinski definition) is 5. The largest absolute Gasteiger partial charge is 0.466 e. The van der Waals surface area contributed by atoms with Crippen molar-refractivity contribution in [3.8, 4) is 0 Å². The first kappa shape index (κ1) is 12.8. The Hall–Kier alpha value is -0.910. The Morgan fingerprint density at radius 3 is 2.95 bits per heavy atom. The van der Waals surface area contributed by atoms with E-state index in [1.165, 1.54) is 0 Å². The van der Waals surface area contributed by atoms with Crippen molar-refractivity contribution in [1.82, 2.24) is 0 Å². The minimum absolute atomic E-state index is 0.00757. The van der Waals surface area contributed by atoms with Gasteiger partial charge in [0.25, 0.3) is 0 Å². The van der Waals surface area contributed by atoms with Gasteiger partial charge in [0.2, 0.25) is 0 Å². The van der Waals surface area contributed by atoms with Crippen molar-refractivity contribution in [2.75, 3.05) is 6.61 Å². The summed E-state index contributed by atoms with van der Waals surface area (Å²) in [5, 5.41) is 21.5. The van der Waals surface area contributed by atoms with Gasteiger partial charge in [-0.1, -0.05) is 12.2 Å². The predicted octanol–water partition coefficient (Wildman–Crippen LogP) is 0.251. The van der Waals surface area contributed by atoms with Crippen LogP contribution >= 0.6 is 0 Å². The first-order valence-electron chi connectivity index (χ1n) is 7.46. The first-order chi connectivity index (χ1) is 9.56. The minimum atomic E-state index is -1.19. The van der Waals surface area contributed by atoms with Crippen molar-refractivity contribution in [3.63, 3.8) is 0 Å². The highest BCUT2D eigenvalue weighted by Gasteiger charge is 2.72. The standard InChI is InChI=1S/C15H20O5/c1-2-19-9(16)6-15(18)11-8-4-3-7(5-8)10(11)12(17)13-14(15)20-13/h3-4,7-8,10-14,17-18H,2,5-6H2,1H3/t7-,8+,10-,11+,12-,13+,14+,15+/m1/s1. The van der Waals surface area contributed by atoms with Crippen LogP contribution in [0.2, 0.25) is 0 Å². The van der Waals surface area contributed by atoms with Crippen LogP contribution in [0.4, 0.5) is 0 Å². The van der Waals surface area contributed by atoms with Crippen LogP contribution in [0.1, 0.15) is 19.8 Å². The molecule has 1 aliphatic heterocycles. The molecule has 0 aromatic rings. The molecule has 0 radical (unpaired) electrons. The summed E-state index contributed by atoms with van der Waals surface area (Å²) in [6.45, 7) is 2.07. The van der Waals surface area contributed by atoms with Crippen LogP contribution in [0, 0.1) is 23.7 Å². The average Bonchev–Trinajstić information content (AvgIpc) is 2.97. The zero-order valence-corrected chi connectivity index (χ0v) is 11.4. The SMILES string of the molecule is CCOC(=O)C[C@]1(O)[C@@H]2[C@H]([C@@H](O)[C@@H]3O[C@@H]31)[C@@H]1C=C[C@H]2C1. The number of rotatable bonds is 3. The average molecular weight is 280 g/mol. The van der Waals surface area contributed by atoms with E-state index in [0.717, 1.165) is 6.42 Å². The third-order valence-electron chi connectivity index (χ3n) is 5.58. The molecule has 3 fully saturated rings. The Labute approximate surface area is 117 Å². The van der Waals surface area contributed by atoms with Gasteiger partial charge in [-0.25, -0.2) is 0 Å². The lowest BCUT2D eigenvalue weighted by Crippen LogP contribution is -2.58. The van der Waals surface area contributed by atoms with E-state index in [1.807, 2.05) is 0 Å². The van der Waals surface area contributed by atoms with Crippen molar-refractivity contribution in [2.45, 2.75) is 43.7 Å². The van der Waals surface area contributed by atoms with Crippen molar-refractivity contribution in [3.05, 3.63) is 12.2 Å². The molecule has 0 aromatic carbocycles. The number of epoxide rings is 1. The normalized spacial score (nSPS) is 54.5. The van der Waals surface area contributed by atoms with E-state index in [2.05, 4.69) is 12.2 Å². The third-order valence-corrected chi connectivity index (χ3v) is 5.58. The summed E-state index contributed by atoms with van der Waals surface area (Å²) in [5.74, 6) is 0.0723. The van der Waals surface area contributed by atoms with Crippen molar-refractivity contribution in [1.29, 1.82) is 0 Å². The molecule has 0 amide bonds. The van der Waals surface area contributed by atoms with Crippen LogP contribution < -0.4 is 0 Å². The van der Waals surface area contributed by atoms with Crippen LogP contribution in [-0.2, 0) is 14.3 Å². The number of allylic oxidation sites excluding steroid dienone is 2. The Morgan fingerprint density at radius 1 is 1.45 bits per heavy atom. The second kappa shape index (κ2) is 4.06. The van der Waals surface area contributed by atoms with E-state index < -0.39 is 17.8 Å². The van der Waals surface area contributed by atoms with E-state index in [4.69, 9.17) is 9.47 Å². The topological polar surface area (TPSA) is 79.3 Å². The Bertz CT molecular complexity index is 475. The summed E-state index contributed by atoms with van der Waals surface area (Å²) < 4.78 is 10.5. The summed E-state index contributed by atoms with van der Waals surface area (Å²) in [6.07, 6.45) is 3.94. The highest BCUT2D eigenvalue weighted by Crippen LogP contribution is 2.62. The molecular weight excluding hydrogens is 260 g/mol. The Balaban J connectivity index is 1.65. The molecule has 1 heterocycles. The summed E-state index contributed by atoms with van der Waals surface area (Å²) in [7, 11) is 0. The quantitative estimate of drug-likeness (QED) is 0.440. The molecule has 20 heavy (non-hydrogen) atoms. The smallest absolute Gasteiger partial charge is 0.308 e. The second-order valence-corrected chi connectivity index (χ2v) is 6.54. The molecule has 4 aliphatic rings. The summed E-state index contributed by atoms with van der Waals surface area (Å²) in [6, 6.07) is 0. The van der Waals surface area contributed by atoms with Gasteiger partial charge in [0.15, 0.2) is 0 Å². The molecule has 2 bridgehead atoms. The first-order valence-corrected chi connectivity index (χ1v) is 7.46. The molecule has 5 heteroatoms. The maximum absolute atomic E-state index is 11.8. The van der Waals surface area contributed by atoms with E-state index in [1.54, 1.807) is 6.92 Å². The maximum atomic E-state index is 11.8. The summed E-state index contributed by atoms with van der Waals surface area (Å²) >= 11 is 0. The number of esters is 1. The summed E-state index contributed by atoms with van der Waals surface area (Å²) in [5.41, 5.74) is -1.19. The number of hydrogen-bond donors (Lipinski definition) is 2. The van der Waals surface area contributed by atoms with Crippen LogP contribution in [0.25, 0.3) is 0 Å². The fourth-order valence-electron chi connectivity index (χ4n) is 4.89. The molecule has 2 N–H and O–H groups in total. The van der Waals surface area contributed by atoms with Crippen LogP contribution in [0.5, 0.6) is 0 Å². The molecule has 8 atom stereocenters. The van der Waals surface area contributed by atoms with E-state index in [0.29, 0.717) is 12.5 Å². The van der Waals surface area contributed by atoms with Crippen LogP contribution in [-0.4, -0.2) is 46.7 Å². The fraction of sp³-hybridized carbons (Fsp3) is 0.800. The lowest BCUT2D eigenvalue weighted by atomic mass is 9.62. The molecule has 5 nitrogen and oxygen atoms in total. The lowest BCUT2D eigenvalue weighted by Gasteiger charge is -2.44. The maximum Gasteiger partial charge on any atom is 0.308 e. The minimum Gasteiger partial charge on any atom is -0.466 e. The molecule has 2 saturated carbocycles. The second-order valence-electron chi connectivity index (χ2n) is 6.54. The highest BCUT2D eigenvalue weighted by molar-refractivity contribution is 5.71. The molecule has 3 aliphatic carbocycles. The molecule has 0 unspecified atom stereocenters. The van der Waals surface area contributed by atoms with Gasteiger partial charge < -0.3 is 19.7 Å². The molecule has 1 saturated heterocycles. The number of aliphatic hydroxyl groups is 2.